The van der Waals surface area contributed by atoms with E-state index >= 15 is 0 Å². The first-order valence-electron chi connectivity index (χ1n) is 21.7. The number of aliphatic carboxylic acids is 2. The zero-order chi connectivity index (χ0) is 52.2. The number of phenols is 1. The molecule has 1 rings (SSSR count). The number of nitrogens with two attached hydrogens (primary N) is 1. The number of primary amides is 1. The highest BCUT2D eigenvalue weighted by atomic mass is 16.4. The summed E-state index contributed by atoms with van der Waals surface area (Å²) in [6, 6.07) is -5.46. The molecule has 25 heteroatoms. The van der Waals surface area contributed by atoms with E-state index in [2.05, 4.69) is 47.9 Å². The summed E-state index contributed by atoms with van der Waals surface area (Å²) in [6.45, 7) is 12.8. The van der Waals surface area contributed by atoms with Crippen LogP contribution < -0.4 is 53.6 Å². The van der Waals surface area contributed by atoms with E-state index < -0.39 is 151 Å². The van der Waals surface area contributed by atoms with Crippen molar-refractivity contribution < 1.29 is 72.9 Å². The third kappa shape index (κ3) is 21.3. The monoisotopic (exact) mass is 962 g/mol. The highest BCUT2D eigenvalue weighted by Gasteiger charge is 2.36. The quantitative estimate of drug-likeness (QED) is 0.0393. The number of carboxylic acids is 2. The molecule has 0 fully saturated rings. The van der Waals surface area contributed by atoms with E-state index in [1.165, 1.54) is 46.8 Å². The second-order valence-corrected chi connectivity index (χ2v) is 17.2. The van der Waals surface area contributed by atoms with Gasteiger partial charge in [0.15, 0.2) is 0 Å². The van der Waals surface area contributed by atoms with Crippen molar-refractivity contribution in [2.24, 2.45) is 23.5 Å². The van der Waals surface area contributed by atoms with Gasteiger partial charge in [0.2, 0.25) is 59.1 Å². The van der Waals surface area contributed by atoms with E-state index in [0.717, 1.165) is 0 Å². The number of hydrogen-bond donors (Lipinski definition) is 13. The molecule has 378 valence electrons. The second-order valence-electron chi connectivity index (χ2n) is 17.2. The summed E-state index contributed by atoms with van der Waals surface area (Å²) < 4.78 is 0. The highest BCUT2D eigenvalue weighted by molar-refractivity contribution is 5.99. The first-order chi connectivity index (χ1) is 31.5. The molecule has 0 aliphatic carbocycles. The number of hydrogen-bond acceptors (Lipinski definition) is 13. The Morgan fingerprint density at radius 1 is 0.529 bits per heavy atom. The molecule has 1 aromatic rings. The molecule has 8 atom stereocenters. The minimum atomic E-state index is -1.85. The molecule has 25 nitrogen and oxygen atoms in total. The van der Waals surface area contributed by atoms with Gasteiger partial charge in [-0.05, 0) is 55.7 Å². The van der Waals surface area contributed by atoms with Crippen LogP contribution in [0.5, 0.6) is 5.75 Å². The van der Waals surface area contributed by atoms with Crippen LogP contribution in [0.15, 0.2) is 24.3 Å². The van der Waals surface area contributed by atoms with Crippen LogP contribution in [0.4, 0.5) is 0 Å². The number of phenolic OH excluding ortho intramolecular Hbond substituents is 1. The Balaban J connectivity index is 2.99. The minimum Gasteiger partial charge on any atom is -0.508 e. The van der Waals surface area contributed by atoms with Crippen molar-refractivity contribution in [1.29, 1.82) is 0 Å². The fraction of sp³-hybridized carbons (Fsp3) is 0.581. The van der Waals surface area contributed by atoms with Gasteiger partial charge in [-0.25, -0.2) is 4.79 Å². The Hall–Kier alpha value is -7.34. The van der Waals surface area contributed by atoms with Crippen molar-refractivity contribution in [2.75, 3.05) is 6.54 Å². The van der Waals surface area contributed by atoms with Crippen LogP contribution in [0, 0.1) is 17.8 Å². The predicted molar refractivity (Wildman–Crippen MR) is 240 cm³/mol. The maximum atomic E-state index is 13.6. The van der Waals surface area contributed by atoms with Gasteiger partial charge in [0, 0.05) is 13.3 Å². The Bertz CT molecular complexity index is 2010. The van der Waals surface area contributed by atoms with Gasteiger partial charge in [-0.3, -0.25) is 52.7 Å². The van der Waals surface area contributed by atoms with Gasteiger partial charge in [-0.2, -0.15) is 0 Å². The normalized spacial score (nSPS) is 14.5. The molecule has 0 saturated carbocycles. The molecule has 0 radical (unpaired) electrons. The van der Waals surface area contributed by atoms with E-state index in [4.69, 9.17) is 5.73 Å². The van der Waals surface area contributed by atoms with Crippen molar-refractivity contribution in [1.82, 2.24) is 47.9 Å². The first kappa shape index (κ1) is 58.7. The molecule has 1 aromatic carbocycles. The van der Waals surface area contributed by atoms with E-state index in [0.29, 0.717) is 5.56 Å². The minimum absolute atomic E-state index is 0.00157. The van der Waals surface area contributed by atoms with Crippen LogP contribution in [0.1, 0.15) is 87.1 Å². The molecule has 0 unspecified atom stereocenters. The summed E-state index contributed by atoms with van der Waals surface area (Å²) in [5.41, 5.74) is 5.93. The van der Waals surface area contributed by atoms with Gasteiger partial charge in [-0.1, -0.05) is 53.7 Å². The number of carboxylic acid groups (broad SMARTS) is 2. The number of carbonyl (C=O) groups excluding carboxylic acids is 10. The predicted octanol–water partition coefficient (Wildman–Crippen LogP) is -3.22. The van der Waals surface area contributed by atoms with Gasteiger partial charge < -0.3 is 68.9 Å². The maximum absolute atomic E-state index is 13.6. The Kier molecular flexibility index (Phi) is 24.1. The van der Waals surface area contributed by atoms with Gasteiger partial charge in [0.05, 0.1) is 19.4 Å². The smallest absolute Gasteiger partial charge is 0.326 e. The fourth-order valence-electron chi connectivity index (χ4n) is 6.27. The molecule has 14 N–H and O–H groups in total. The fourth-order valence-corrected chi connectivity index (χ4v) is 6.27. The van der Waals surface area contributed by atoms with Crippen LogP contribution in [0.3, 0.4) is 0 Å². The van der Waals surface area contributed by atoms with Gasteiger partial charge in [0.1, 0.15) is 54.1 Å². The zero-order valence-electron chi connectivity index (χ0n) is 39.5. The van der Waals surface area contributed by atoms with Gasteiger partial charge in [0.25, 0.3) is 0 Å². The van der Waals surface area contributed by atoms with Crippen molar-refractivity contribution in [2.45, 2.75) is 136 Å². The molecule has 0 aromatic heterocycles. The lowest BCUT2D eigenvalue weighted by atomic mass is 9.99. The largest absolute Gasteiger partial charge is 0.508 e. The summed E-state index contributed by atoms with van der Waals surface area (Å²) >= 11 is 0. The lowest BCUT2D eigenvalue weighted by molar-refractivity contribution is -0.144. The molecule has 10 amide bonds. The highest BCUT2D eigenvalue weighted by Crippen LogP contribution is 2.13. The SMILES string of the molecule is CC(=O)N[C@@H](Cc1ccc(O)cc1)C(=O)N[C@@H](C)C(=O)NCC(=O)N[C@@H](C)C(=O)N[C@H](C(=O)N[C@H](C(=O)N[C@@H](CC(N)=O)C(=O)N[C@@H](CC(=O)O)C(=O)N[C@@H](CC(C)C)C(=O)O)C(C)C)C(C)C. The molecule has 0 spiro atoms. The topological polar surface area (TPSA) is 400 Å². The van der Waals surface area contributed by atoms with Crippen molar-refractivity contribution in [3.63, 3.8) is 0 Å². The Labute approximate surface area is 393 Å². The molecule has 0 bridgehead atoms. The Morgan fingerprint density at radius 3 is 1.46 bits per heavy atom. The lowest BCUT2D eigenvalue weighted by Gasteiger charge is -2.29. The van der Waals surface area contributed by atoms with E-state index in [1.807, 2.05) is 0 Å². The molecule has 0 saturated heterocycles. The van der Waals surface area contributed by atoms with E-state index in [9.17, 15) is 72.9 Å². The summed E-state index contributed by atoms with van der Waals surface area (Å²) in [4.78, 5) is 152. The van der Waals surface area contributed by atoms with Crippen LogP contribution >= 0.6 is 0 Å². The van der Waals surface area contributed by atoms with Crippen molar-refractivity contribution >= 4 is 71.0 Å². The number of nitrogens with one attached hydrogen (secondary N) is 9. The van der Waals surface area contributed by atoms with E-state index in [-0.39, 0.29) is 24.5 Å². The average Bonchev–Trinajstić information content (AvgIpc) is 3.22. The Morgan fingerprint density at radius 2 is 0.985 bits per heavy atom. The van der Waals surface area contributed by atoms with Crippen LogP contribution in [0.2, 0.25) is 0 Å². The molecule has 0 heterocycles. The molecule has 0 aliphatic heterocycles. The molecule has 0 aliphatic rings. The second kappa shape index (κ2) is 28.0. The number of amides is 10. The van der Waals surface area contributed by atoms with Crippen molar-refractivity contribution in [3.05, 3.63) is 29.8 Å². The molecule has 68 heavy (non-hydrogen) atoms. The summed E-state index contributed by atoms with van der Waals surface area (Å²) in [7, 11) is 0. The standard InChI is InChI=1S/C43H66N10O15/c1-19(2)14-30(43(67)68)51-40(64)29(17-33(58)59)49-39(63)28(16-31(44)56)50-41(65)34(20(3)4)53-42(66)35(21(5)6)52-37(61)23(8)46-32(57)18-45-36(60)22(7)47-38(62)27(48-24(9)54)15-25-10-12-26(55)13-11-25/h10-13,19-23,27-30,34-35,55H,14-18H2,1-9H3,(H2,44,56)(H,45,60)(H,46,57)(H,47,62)(H,48,54)(H,49,63)(H,50,65)(H,51,64)(H,52,61)(H,53,66)(H,58,59)(H,67,68)/t22-,23-,27-,28-,29-,30-,34-,35-/m0/s1. The summed E-state index contributed by atoms with van der Waals surface area (Å²) in [5.74, 6) is -13.6. The number of rotatable bonds is 28. The average molecular weight is 963 g/mol. The van der Waals surface area contributed by atoms with Crippen LogP contribution in [-0.2, 0) is 64.0 Å². The zero-order valence-corrected chi connectivity index (χ0v) is 39.5. The van der Waals surface area contributed by atoms with Crippen LogP contribution in [-0.4, -0.2) is 141 Å². The molecular weight excluding hydrogens is 897 g/mol. The number of aromatic hydroxyl groups is 1. The third-order valence-corrected chi connectivity index (χ3v) is 9.88. The van der Waals surface area contributed by atoms with Crippen molar-refractivity contribution in [3.8, 4) is 5.75 Å². The number of carbonyl (C=O) groups is 12. The van der Waals surface area contributed by atoms with Gasteiger partial charge >= 0.3 is 11.9 Å². The molecular formula is C43H66N10O15. The first-order valence-corrected chi connectivity index (χ1v) is 21.7. The van der Waals surface area contributed by atoms with Crippen LogP contribution in [0.25, 0.3) is 0 Å². The maximum Gasteiger partial charge on any atom is 0.326 e. The van der Waals surface area contributed by atoms with E-state index in [1.54, 1.807) is 39.8 Å². The number of benzene rings is 1. The summed E-state index contributed by atoms with van der Waals surface area (Å²) in [6.07, 6.45) is -1.85. The third-order valence-electron chi connectivity index (χ3n) is 9.88. The van der Waals surface area contributed by atoms with Gasteiger partial charge in [-0.15, -0.1) is 0 Å². The lowest BCUT2D eigenvalue weighted by Crippen LogP contribution is -2.61. The summed E-state index contributed by atoms with van der Waals surface area (Å²) in [5, 5.41) is 49.7.